The fourth-order valence-corrected chi connectivity index (χ4v) is 3.27. The second kappa shape index (κ2) is 7.61. The van der Waals surface area contributed by atoms with Gasteiger partial charge in [-0.1, -0.05) is 13.0 Å². The molecule has 0 radical (unpaired) electrons. The minimum absolute atomic E-state index is 0.203. The molecule has 0 amide bonds. The van der Waals surface area contributed by atoms with E-state index in [0.717, 1.165) is 6.42 Å². The van der Waals surface area contributed by atoms with Crippen LogP contribution in [0.3, 0.4) is 0 Å². The van der Waals surface area contributed by atoms with Gasteiger partial charge in [0.05, 0.1) is 26.4 Å². The van der Waals surface area contributed by atoms with Crippen molar-refractivity contribution in [2.45, 2.75) is 25.6 Å². The molecule has 3 fully saturated rings. The van der Waals surface area contributed by atoms with E-state index in [2.05, 4.69) is 13.5 Å². The van der Waals surface area contributed by atoms with Crippen molar-refractivity contribution in [3.63, 3.8) is 0 Å². The van der Waals surface area contributed by atoms with E-state index >= 15 is 0 Å². The van der Waals surface area contributed by atoms with Crippen LogP contribution < -0.4 is 0 Å². The zero-order valence-electron chi connectivity index (χ0n) is 14.3. The van der Waals surface area contributed by atoms with Crippen molar-refractivity contribution in [3.05, 3.63) is 12.7 Å². The number of rotatable bonds is 10. The second-order valence-electron chi connectivity index (χ2n) is 7.03. The smallest absolute Gasteiger partial charge is 0.430 e. The van der Waals surface area contributed by atoms with E-state index < -0.39 is 12.3 Å². The Morgan fingerprint density at radius 3 is 1.96 bits per heavy atom. The number of hydrogen-bond donors (Lipinski definition) is 0. The van der Waals surface area contributed by atoms with Crippen LogP contribution in [-0.2, 0) is 28.4 Å². The number of allylic oxidation sites excluding steroid dienone is 1. The maximum Gasteiger partial charge on any atom is 0.508 e. The molecule has 1 aliphatic carbocycles. The largest absolute Gasteiger partial charge is 0.508 e. The number of ether oxygens (including phenoxy) is 6. The van der Waals surface area contributed by atoms with Crippen LogP contribution in [0.15, 0.2) is 12.7 Å². The Morgan fingerprint density at radius 2 is 1.60 bits per heavy atom. The molecule has 4 unspecified atom stereocenters. The van der Waals surface area contributed by atoms with E-state index in [1.807, 2.05) is 6.08 Å². The highest BCUT2D eigenvalue weighted by Gasteiger charge is 2.49. The number of hydrogen-bond acceptors (Lipinski definition) is 8. The van der Waals surface area contributed by atoms with Gasteiger partial charge in [0.2, 0.25) is 0 Å². The van der Waals surface area contributed by atoms with Crippen molar-refractivity contribution in [3.8, 4) is 0 Å². The predicted octanol–water partition coefficient (Wildman–Crippen LogP) is 1.92. The van der Waals surface area contributed by atoms with E-state index in [-0.39, 0.29) is 30.8 Å². The molecule has 0 spiro atoms. The summed E-state index contributed by atoms with van der Waals surface area (Å²) in [6, 6.07) is 0. The number of cyclic esters (lactones) is 4. The summed E-state index contributed by atoms with van der Waals surface area (Å²) in [5, 5.41) is 0. The monoisotopic (exact) mass is 356 g/mol. The van der Waals surface area contributed by atoms with Gasteiger partial charge in [0.15, 0.2) is 12.2 Å². The highest BCUT2D eigenvalue weighted by molar-refractivity contribution is 5.62. The third-order valence-electron chi connectivity index (χ3n) is 4.81. The molecule has 140 valence electrons. The first-order valence-electron chi connectivity index (χ1n) is 8.45. The van der Waals surface area contributed by atoms with Crippen LogP contribution in [0, 0.1) is 17.3 Å². The van der Waals surface area contributed by atoms with Gasteiger partial charge >= 0.3 is 12.3 Å². The summed E-state index contributed by atoms with van der Waals surface area (Å²) in [4.78, 5) is 21.9. The Kier molecular flexibility index (Phi) is 5.48. The topological polar surface area (TPSA) is 89.5 Å². The molecule has 2 aliphatic heterocycles. The lowest BCUT2D eigenvalue weighted by molar-refractivity contribution is -0.0557. The summed E-state index contributed by atoms with van der Waals surface area (Å²) < 4.78 is 31.0. The average Bonchev–Trinajstić information content (AvgIpc) is 3.12. The first kappa shape index (κ1) is 18.0. The fourth-order valence-electron chi connectivity index (χ4n) is 3.27. The first-order chi connectivity index (χ1) is 12.0. The summed E-state index contributed by atoms with van der Waals surface area (Å²) in [6.45, 7) is 7.93. The first-order valence-corrected chi connectivity index (χ1v) is 8.45. The molecule has 0 aromatic rings. The Hall–Kier alpha value is -1.80. The molecule has 1 saturated carbocycles. The number of carbonyl (C=O) groups excluding carboxylic acids is 2. The minimum atomic E-state index is -0.651. The number of carbonyl (C=O) groups is 2. The second-order valence-corrected chi connectivity index (χ2v) is 7.03. The van der Waals surface area contributed by atoms with Crippen molar-refractivity contribution < 1.29 is 38.0 Å². The van der Waals surface area contributed by atoms with Crippen molar-refractivity contribution in [1.82, 2.24) is 0 Å². The van der Waals surface area contributed by atoms with Gasteiger partial charge < -0.3 is 28.4 Å². The summed E-state index contributed by atoms with van der Waals surface area (Å²) in [6.07, 6.45) is 0.992. The van der Waals surface area contributed by atoms with Gasteiger partial charge in [0.25, 0.3) is 0 Å². The molecule has 2 saturated heterocycles. The molecule has 0 bridgehead atoms. The van der Waals surface area contributed by atoms with Gasteiger partial charge in [0.1, 0.15) is 13.2 Å². The molecule has 0 aromatic heterocycles. The fraction of sp³-hybridized carbons (Fsp3) is 0.765. The lowest BCUT2D eigenvalue weighted by atomic mass is 9.85. The van der Waals surface area contributed by atoms with Crippen LogP contribution in [0.2, 0.25) is 0 Å². The van der Waals surface area contributed by atoms with E-state index in [1.165, 1.54) is 0 Å². The minimum Gasteiger partial charge on any atom is -0.430 e. The van der Waals surface area contributed by atoms with Gasteiger partial charge in [0, 0.05) is 5.41 Å². The normalized spacial score (nSPS) is 33.0. The molecule has 0 aromatic carbocycles. The SMILES string of the molecule is C=CC1CC1C(C)(COCC1COC(=O)O1)COCC1COC(=O)O1. The molecular weight excluding hydrogens is 332 g/mol. The molecule has 0 N–H and O–H groups in total. The zero-order valence-corrected chi connectivity index (χ0v) is 14.3. The van der Waals surface area contributed by atoms with Crippen LogP contribution in [0.4, 0.5) is 9.59 Å². The van der Waals surface area contributed by atoms with Crippen molar-refractivity contribution in [2.24, 2.45) is 17.3 Å². The summed E-state index contributed by atoms with van der Waals surface area (Å²) in [7, 11) is 0. The molecule has 2 heterocycles. The van der Waals surface area contributed by atoms with Crippen LogP contribution in [-0.4, -0.2) is 64.2 Å². The van der Waals surface area contributed by atoms with E-state index in [0.29, 0.717) is 38.3 Å². The highest BCUT2D eigenvalue weighted by Crippen LogP contribution is 2.52. The maximum absolute atomic E-state index is 10.9. The van der Waals surface area contributed by atoms with Gasteiger partial charge in [-0.25, -0.2) is 9.59 Å². The van der Waals surface area contributed by atoms with E-state index in [4.69, 9.17) is 28.4 Å². The van der Waals surface area contributed by atoms with Crippen LogP contribution in [0.5, 0.6) is 0 Å². The van der Waals surface area contributed by atoms with Gasteiger partial charge in [-0.3, -0.25) is 0 Å². The molecule has 8 nitrogen and oxygen atoms in total. The maximum atomic E-state index is 10.9. The van der Waals surface area contributed by atoms with E-state index in [9.17, 15) is 9.59 Å². The summed E-state index contributed by atoms with van der Waals surface area (Å²) >= 11 is 0. The van der Waals surface area contributed by atoms with Gasteiger partial charge in [-0.15, -0.1) is 6.58 Å². The summed E-state index contributed by atoms with van der Waals surface area (Å²) in [5.41, 5.74) is -0.203. The molecular formula is C17H24O8. The van der Waals surface area contributed by atoms with Gasteiger partial charge in [-0.2, -0.15) is 0 Å². The lowest BCUT2D eigenvalue weighted by Crippen LogP contribution is -2.35. The Balaban J connectivity index is 1.44. The van der Waals surface area contributed by atoms with Gasteiger partial charge in [-0.05, 0) is 18.3 Å². The highest BCUT2D eigenvalue weighted by atomic mass is 16.8. The standard InChI is InChI=1S/C17H24O8/c1-3-11-4-14(11)17(2,9-20-5-12-7-22-15(18)24-12)10-21-6-13-8-23-16(19)25-13/h3,11-14H,1,4-10H2,2H3. The van der Waals surface area contributed by atoms with Crippen molar-refractivity contribution in [1.29, 1.82) is 0 Å². The molecule has 3 rings (SSSR count). The summed E-state index contributed by atoms with van der Waals surface area (Å²) in [5.74, 6) is 0.882. The predicted molar refractivity (Wildman–Crippen MR) is 84.0 cm³/mol. The quantitative estimate of drug-likeness (QED) is 0.433. The Morgan fingerprint density at radius 1 is 1.08 bits per heavy atom. The lowest BCUT2D eigenvalue weighted by Gasteiger charge is -2.30. The zero-order chi connectivity index (χ0) is 17.9. The van der Waals surface area contributed by atoms with Crippen LogP contribution in [0.25, 0.3) is 0 Å². The van der Waals surface area contributed by atoms with Crippen LogP contribution >= 0.6 is 0 Å². The van der Waals surface area contributed by atoms with Crippen LogP contribution in [0.1, 0.15) is 13.3 Å². The van der Waals surface area contributed by atoms with Crippen molar-refractivity contribution >= 4 is 12.3 Å². The third kappa shape index (κ3) is 4.64. The Bertz CT molecular complexity index is 487. The Labute approximate surface area is 146 Å². The molecule has 4 atom stereocenters. The third-order valence-corrected chi connectivity index (χ3v) is 4.81. The molecule has 25 heavy (non-hydrogen) atoms. The average molecular weight is 356 g/mol. The van der Waals surface area contributed by atoms with E-state index in [1.54, 1.807) is 0 Å². The van der Waals surface area contributed by atoms with Crippen molar-refractivity contribution in [2.75, 3.05) is 39.6 Å². The molecule has 8 heteroatoms. The molecule has 3 aliphatic rings.